The number of aliphatic hydroxyl groups is 1. The number of carbonyl (C=O) groups is 3. The molecule has 0 spiro atoms. The molecule has 3 N–H and O–H groups in total. The zero-order valence-corrected chi connectivity index (χ0v) is 37.4. The van der Waals surface area contributed by atoms with Crippen LogP contribution >= 0.6 is 0 Å². The van der Waals surface area contributed by atoms with Crippen LogP contribution in [0.5, 0.6) is 17.2 Å². The molecule has 2 fully saturated rings. The zero-order valence-electron chi connectivity index (χ0n) is 37.4. The van der Waals surface area contributed by atoms with Gasteiger partial charge in [0, 0.05) is 74.4 Å². The first-order valence-corrected chi connectivity index (χ1v) is 21.7. The van der Waals surface area contributed by atoms with Gasteiger partial charge >= 0.3 is 11.8 Å². The number of esters is 1. The summed E-state index contributed by atoms with van der Waals surface area (Å²) in [4.78, 5) is 62.8. The van der Waals surface area contributed by atoms with E-state index in [1.165, 1.54) is 40.2 Å². The van der Waals surface area contributed by atoms with E-state index in [1.54, 1.807) is 44.2 Å². The number of rotatable bonds is 4. The first kappa shape index (κ1) is 44.8. The van der Waals surface area contributed by atoms with Gasteiger partial charge in [0.1, 0.15) is 46.5 Å². The number of anilines is 1. The molecular formula is C48H55N3O13. The predicted octanol–water partition coefficient (Wildman–Crippen LogP) is 6.24. The van der Waals surface area contributed by atoms with Gasteiger partial charge in [0.25, 0.3) is 11.7 Å². The highest BCUT2D eigenvalue weighted by Gasteiger charge is 2.51. The minimum absolute atomic E-state index is 0.00700. The molecule has 2 saturated heterocycles. The number of likely N-dealkylation sites (tertiary alicyclic amines) is 1. The first-order chi connectivity index (χ1) is 30.4. The Bertz CT molecular complexity index is 2700. The maximum absolute atomic E-state index is 14.7. The summed E-state index contributed by atoms with van der Waals surface area (Å²) in [5, 5.41) is 26.1. The monoisotopic (exact) mass is 881 g/mol. The number of allylic oxidation sites excluding steroid dienone is 2. The molecule has 64 heavy (non-hydrogen) atoms. The molecule has 4 aromatic rings. The number of hydrogen-bond acceptors (Lipinski definition) is 15. The van der Waals surface area contributed by atoms with Gasteiger partial charge in [-0.2, -0.15) is 0 Å². The van der Waals surface area contributed by atoms with Gasteiger partial charge in [0.15, 0.2) is 22.3 Å². The number of ether oxygens (including phenoxy) is 6. The van der Waals surface area contributed by atoms with Crippen molar-refractivity contribution in [2.45, 2.75) is 104 Å². The summed E-state index contributed by atoms with van der Waals surface area (Å²) < 4.78 is 43.3. The molecular weight excluding hydrogens is 827 g/mol. The van der Waals surface area contributed by atoms with Crippen molar-refractivity contribution >= 4 is 56.3 Å². The topological polar surface area (TPSA) is 205 Å². The molecule has 1 amide bonds. The molecule has 9 rings (SSSR count). The number of nitrogens with zero attached hydrogens (tertiary/aromatic N) is 2. The van der Waals surface area contributed by atoms with E-state index < -0.39 is 71.1 Å². The third-order valence-electron chi connectivity index (χ3n) is 13.1. The summed E-state index contributed by atoms with van der Waals surface area (Å²) in [7, 11) is 3.53. The van der Waals surface area contributed by atoms with Gasteiger partial charge in [0.05, 0.1) is 35.5 Å². The molecule has 0 unspecified atom stereocenters. The summed E-state index contributed by atoms with van der Waals surface area (Å²) in [6.45, 7) is 13.0. The molecule has 0 radical (unpaired) electrons. The minimum Gasteiger partial charge on any atom is -0.505 e. The van der Waals surface area contributed by atoms with Crippen molar-refractivity contribution < 1.29 is 57.4 Å². The van der Waals surface area contributed by atoms with Crippen LogP contribution in [0.25, 0.3) is 33.0 Å². The van der Waals surface area contributed by atoms with E-state index in [1.807, 2.05) is 19.9 Å². The second kappa shape index (κ2) is 17.3. The van der Waals surface area contributed by atoms with Crippen LogP contribution in [0.15, 0.2) is 63.6 Å². The second-order valence-electron chi connectivity index (χ2n) is 17.7. The van der Waals surface area contributed by atoms with Crippen molar-refractivity contribution in [1.82, 2.24) is 9.88 Å². The number of phenols is 1. The van der Waals surface area contributed by atoms with E-state index in [9.17, 15) is 29.4 Å². The highest BCUT2D eigenvalue weighted by molar-refractivity contribution is 6.26. The lowest BCUT2D eigenvalue weighted by Crippen LogP contribution is -2.46. The maximum Gasteiger partial charge on any atom is 0.312 e. The third-order valence-corrected chi connectivity index (χ3v) is 13.1. The average molecular weight is 882 g/mol. The largest absolute Gasteiger partial charge is 0.505 e. The van der Waals surface area contributed by atoms with Crippen LogP contribution in [0.2, 0.25) is 0 Å². The molecule has 9 atom stereocenters. The third kappa shape index (κ3) is 7.90. The normalized spacial score (nSPS) is 31.2. The Labute approximate surface area is 369 Å². The first-order valence-electron chi connectivity index (χ1n) is 21.7. The van der Waals surface area contributed by atoms with Crippen LogP contribution in [-0.4, -0.2) is 107 Å². The Morgan fingerprint density at radius 2 is 1.77 bits per heavy atom. The van der Waals surface area contributed by atoms with Crippen LogP contribution in [0.3, 0.4) is 0 Å². The van der Waals surface area contributed by atoms with E-state index in [2.05, 4.69) is 17.3 Å². The van der Waals surface area contributed by atoms with Gasteiger partial charge < -0.3 is 53.3 Å². The number of Topliss-reactive ketones (excluding diaryl/α,β-unsaturated/α-hetero) is 1. The molecule has 7 bridgehead atoms. The lowest BCUT2D eigenvalue weighted by atomic mass is 9.86. The molecule has 0 aliphatic carbocycles. The van der Waals surface area contributed by atoms with Crippen molar-refractivity contribution in [2.75, 3.05) is 32.6 Å². The minimum atomic E-state index is -2.03. The molecule has 5 aliphatic rings. The average Bonchev–Trinajstić information content (AvgIpc) is 3.71. The fraction of sp³-hybridized carbons (Fsp3) is 0.479. The number of aromatic hydroxyl groups is 1. The Hall–Kier alpha value is -5.81. The van der Waals surface area contributed by atoms with Crippen molar-refractivity contribution in [3.63, 3.8) is 0 Å². The van der Waals surface area contributed by atoms with Gasteiger partial charge in [0.2, 0.25) is 0 Å². The van der Waals surface area contributed by atoms with Gasteiger partial charge in [-0.25, -0.2) is 4.98 Å². The van der Waals surface area contributed by atoms with E-state index >= 15 is 0 Å². The van der Waals surface area contributed by atoms with Crippen molar-refractivity contribution in [1.29, 1.82) is 0 Å². The molecule has 0 saturated carbocycles. The summed E-state index contributed by atoms with van der Waals surface area (Å²) in [6, 6.07) is 5.16. The number of fused-ring (bicyclic) bond motifs is 9. The molecule has 1 aromatic heterocycles. The molecule has 340 valence electrons. The quantitative estimate of drug-likeness (QED) is 0.0898. The highest BCUT2D eigenvalue weighted by atomic mass is 16.7. The standard InChI is InChI=1S/C48H55N3O13/c1-22-11-10-12-23(2)47(57)50-37-40(55)34-33(36-44(37)62-32-21-29(13-14-30(32)49-36)61-28-15-18-51(8)19-16-28)35-42(25(4)38(34)53)64-48(7,46(35)56)59-20-17-31(58-9)24(3)43(60-27(6)52)45-39(54)26(5)41(22)63-45/h10-14,17,20-22,24,26,28,31,39,41,43,45,54-55H,15-16,18-19H2,1-9H3,(H,50,57)/b11-10+,20-17+,23-12-/t22-,24+,26-,31-,39+,41-,43+,45+,48-/m0/s1. The summed E-state index contributed by atoms with van der Waals surface area (Å²) in [6.07, 6.45) is 5.34. The zero-order chi connectivity index (χ0) is 45.9. The number of ketones is 1. The number of phenolic OH excluding ortho intramolecular Hbond substituents is 1. The highest BCUT2D eigenvalue weighted by Crippen LogP contribution is 2.48. The SMILES string of the molecule is CO[C@H]1/C=C/O[C@@]2(C)Oc3c(C)c(=O)c4c(O)c(c5oc6cc(OC7CCN(C)CC7)ccc6nc5c4c3C2=O)NC(=O)/C(C)=C\C=C\[C@H](C)[C@@H]2O[C@H]([C@H](O)[C@@H]2C)[C@H](OC(C)=O)[C@@H]1C. The summed E-state index contributed by atoms with van der Waals surface area (Å²) >= 11 is 0. The lowest BCUT2D eigenvalue weighted by Gasteiger charge is -2.33. The molecule has 6 heterocycles. The summed E-state index contributed by atoms with van der Waals surface area (Å²) in [5.74, 6) is -5.38. The maximum atomic E-state index is 14.7. The number of piperidine rings is 1. The van der Waals surface area contributed by atoms with Crippen molar-refractivity contribution in [3.05, 3.63) is 75.7 Å². The number of methoxy groups -OCH3 is 1. The van der Waals surface area contributed by atoms with E-state index in [0.29, 0.717) is 11.3 Å². The number of amides is 1. The number of aliphatic hydroxyl groups excluding tert-OH is 1. The van der Waals surface area contributed by atoms with Crippen LogP contribution in [0.4, 0.5) is 5.69 Å². The van der Waals surface area contributed by atoms with Crippen LogP contribution in [-0.2, 0) is 28.5 Å². The molecule has 5 aliphatic heterocycles. The fourth-order valence-electron chi connectivity index (χ4n) is 9.33. The fourth-order valence-corrected chi connectivity index (χ4v) is 9.33. The van der Waals surface area contributed by atoms with Crippen molar-refractivity contribution in [2.24, 2.45) is 17.8 Å². The number of carbonyl (C=O) groups excluding carboxylic acids is 3. The van der Waals surface area contributed by atoms with E-state index in [4.69, 9.17) is 37.8 Å². The van der Waals surface area contributed by atoms with E-state index in [0.717, 1.165) is 25.9 Å². The van der Waals surface area contributed by atoms with Crippen molar-refractivity contribution in [3.8, 4) is 17.2 Å². The second-order valence-corrected chi connectivity index (χ2v) is 17.7. The molecule has 3 aromatic carbocycles. The Kier molecular flexibility index (Phi) is 12.1. The van der Waals surface area contributed by atoms with Crippen LogP contribution < -0.4 is 20.2 Å². The summed E-state index contributed by atoms with van der Waals surface area (Å²) in [5.41, 5.74) is -0.241. The van der Waals surface area contributed by atoms with Gasteiger partial charge in [-0.3, -0.25) is 19.2 Å². The number of benzene rings is 3. The molecule has 16 heteroatoms. The van der Waals surface area contributed by atoms with Gasteiger partial charge in [-0.15, -0.1) is 0 Å². The lowest BCUT2D eigenvalue weighted by molar-refractivity contribution is -0.168. The Morgan fingerprint density at radius 1 is 1.03 bits per heavy atom. The van der Waals surface area contributed by atoms with Gasteiger partial charge in [-0.05, 0) is 51.9 Å². The smallest absolute Gasteiger partial charge is 0.312 e. The van der Waals surface area contributed by atoms with Crippen LogP contribution in [0.1, 0.15) is 70.3 Å². The number of hydrogen-bond donors (Lipinski definition) is 3. The van der Waals surface area contributed by atoms with Gasteiger partial charge in [-0.1, -0.05) is 39.0 Å². The predicted molar refractivity (Wildman–Crippen MR) is 236 cm³/mol. The Morgan fingerprint density at radius 3 is 2.47 bits per heavy atom. The number of aromatic nitrogens is 1. The molecule has 16 nitrogen and oxygen atoms in total. The van der Waals surface area contributed by atoms with Crippen LogP contribution in [0, 0.1) is 24.7 Å². The Balaban J connectivity index is 1.30. The number of nitrogens with one attached hydrogen (secondary N) is 1. The van der Waals surface area contributed by atoms with E-state index in [-0.39, 0.29) is 73.5 Å².